The molecule has 0 radical (unpaired) electrons. The molecule has 1 N–H and O–H groups in total. The van der Waals surface area contributed by atoms with Gasteiger partial charge in [-0.3, -0.25) is 20.2 Å². The second kappa shape index (κ2) is 5.59. The molecule has 8 heteroatoms. The van der Waals surface area contributed by atoms with Crippen molar-refractivity contribution in [3.05, 3.63) is 50.4 Å². The number of amides is 1. The largest absolute Gasteiger partial charge is 0.478 e. The van der Waals surface area contributed by atoms with E-state index in [1.807, 2.05) is 6.07 Å². The minimum Gasteiger partial charge on any atom is -0.478 e. The zero-order chi connectivity index (χ0) is 14.7. The Morgan fingerprint density at radius 2 is 2.30 bits per heavy atom. The summed E-state index contributed by atoms with van der Waals surface area (Å²) in [6, 6.07) is 5.45. The highest BCUT2D eigenvalue weighted by molar-refractivity contribution is 6.34. The average molecular weight is 294 g/mol. The van der Waals surface area contributed by atoms with Crippen LogP contribution in [0.25, 0.3) is 0 Å². The van der Waals surface area contributed by atoms with Gasteiger partial charge in [-0.05, 0) is 6.07 Å². The van der Waals surface area contributed by atoms with Gasteiger partial charge in [0.15, 0.2) is 0 Å². The number of nitro groups is 1. The van der Waals surface area contributed by atoms with Crippen molar-refractivity contribution in [3.63, 3.8) is 0 Å². The lowest BCUT2D eigenvalue weighted by molar-refractivity contribution is -0.384. The second-order valence-corrected chi connectivity index (χ2v) is 4.30. The van der Waals surface area contributed by atoms with E-state index in [4.69, 9.17) is 21.6 Å². The first-order valence-corrected chi connectivity index (χ1v) is 5.92. The Morgan fingerprint density at radius 1 is 1.55 bits per heavy atom. The molecule has 1 aromatic carbocycles. The lowest BCUT2D eigenvalue weighted by Crippen LogP contribution is -2.24. The predicted octanol–water partition coefficient (Wildman–Crippen LogP) is 2.13. The van der Waals surface area contributed by atoms with E-state index in [0.717, 1.165) is 6.07 Å². The number of carbonyl (C=O) groups excluding carboxylic acids is 1. The number of ether oxygens (including phenoxy) is 1. The number of non-ortho nitro benzene ring substituents is 1. The molecule has 1 aromatic rings. The van der Waals surface area contributed by atoms with E-state index in [2.05, 4.69) is 5.32 Å². The number of nitrogens with zero attached hydrogens (tertiary/aromatic N) is 2. The summed E-state index contributed by atoms with van der Waals surface area (Å²) in [5, 5.41) is 22.0. The molecular formula is C12H8ClN3O4. The van der Waals surface area contributed by atoms with E-state index in [1.165, 1.54) is 12.1 Å². The van der Waals surface area contributed by atoms with Gasteiger partial charge >= 0.3 is 0 Å². The van der Waals surface area contributed by atoms with Crippen LogP contribution in [0, 0.1) is 21.4 Å². The quantitative estimate of drug-likeness (QED) is 0.679. The Kier molecular flexibility index (Phi) is 3.86. The summed E-state index contributed by atoms with van der Waals surface area (Å²) in [5.74, 6) is -0.594. The summed E-state index contributed by atoms with van der Waals surface area (Å²) in [7, 11) is 0. The molecule has 1 amide bonds. The molecule has 7 nitrogen and oxygen atoms in total. The van der Waals surface area contributed by atoms with Gasteiger partial charge in [0, 0.05) is 18.6 Å². The van der Waals surface area contributed by atoms with Gasteiger partial charge in [-0.2, -0.15) is 5.26 Å². The van der Waals surface area contributed by atoms with Crippen molar-refractivity contribution in [2.75, 3.05) is 6.61 Å². The van der Waals surface area contributed by atoms with Gasteiger partial charge in [0.25, 0.3) is 11.6 Å². The fraction of sp³-hybridized carbons (Fsp3) is 0.167. The van der Waals surface area contributed by atoms with Gasteiger partial charge in [0.2, 0.25) is 5.88 Å². The van der Waals surface area contributed by atoms with E-state index in [0.29, 0.717) is 18.6 Å². The third-order valence-electron chi connectivity index (χ3n) is 2.64. The molecule has 0 saturated carbocycles. The molecule has 1 aliphatic heterocycles. The minimum atomic E-state index is -0.664. The second-order valence-electron chi connectivity index (χ2n) is 3.89. The first-order chi connectivity index (χ1) is 9.52. The summed E-state index contributed by atoms with van der Waals surface area (Å²) in [4.78, 5) is 22.1. The molecule has 0 spiro atoms. The molecule has 0 unspecified atom stereocenters. The zero-order valence-corrected chi connectivity index (χ0v) is 10.8. The van der Waals surface area contributed by atoms with Crippen molar-refractivity contribution in [3.8, 4) is 6.07 Å². The maximum atomic E-state index is 12.0. The monoisotopic (exact) mass is 293 g/mol. The van der Waals surface area contributed by atoms with Crippen LogP contribution in [0.5, 0.6) is 0 Å². The van der Waals surface area contributed by atoms with E-state index in [1.54, 1.807) is 0 Å². The third-order valence-corrected chi connectivity index (χ3v) is 2.97. The van der Waals surface area contributed by atoms with Crippen LogP contribution < -0.4 is 5.32 Å². The number of carbonyl (C=O) groups is 1. The third kappa shape index (κ3) is 2.70. The van der Waals surface area contributed by atoms with Crippen LogP contribution in [0.2, 0.25) is 5.02 Å². The standard InChI is InChI=1S/C12H8ClN3O4/c13-10-2-1-8(16(18)19)5-9(10)11(17)15-12-7(6-14)3-4-20-12/h1-2,5H,3-4H2,(H,15,17). The van der Waals surface area contributed by atoms with E-state index in [9.17, 15) is 14.9 Å². The van der Waals surface area contributed by atoms with Crippen LogP contribution in [-0.4, -0.2) is 17.4 Å². The topological polar surface area (TPSA) is 105 Å². The first kappa shape index (κ1) is 13.8. The van der Waals surface area contributed by atoms with Crippen LogP contribution >= 0.6 is 11.6 Å². The molecule has 1 aliphatic rings. The van der Waals surface area contributed by atoms with Crippen LogP contribution in [0.4, 0.5) is 5.69 Å². The van der Waals surface area contributed by atoms with Crippen molar-refractivity contribution in [2.24, 2.45) is 0 Å². The molecule has 0 aliphatic carbocycles. The molecule has 20 heavy (non-hydrogen) atoms. The number of hydrogen-bond donors (Lipinski definition) is 1. The molecule has 1 heterocycles. The first-order valence-electron chi connectivity index (χ1n) is 5.54. The molecular weight excluding hydrogens is 286 g/mol. The highest BCUT2D eigenvalue weighted by atomic mass is 35.5. The number of benzene rings is 1. The Balaban J connectivity index is 2.28. The number of hydrogen-bond acceptors (Lipinski definition) is 5. The summed E-state index contributed by atoms with van der Waals surface area (Å²) in [5.41, 5.74) is 0.0161. The van der Waals surface area contributed by atoms with Crippen molar-refractivity contribution in [2.45, 2.75) is 6.42 Å². The summed E-state index contributed by atoms with van der Waals surface area (Å²) in [6.45, 7) is 0.307. The number of nitro benzene ring substituents is 1. The minimum absolute atomic E-state index is 0.0545. The van der Waals surface area contributed by atoms with Gasteiger partial charge in [-0.25, -0.2) is 0 Å². The van der Waals surface area contributed by atoms with Crippen LogP contribution in [0.15, 0.2) is 29.7 Å². The summed E-state index contributed by atoms with van der Waals surface area (Å²) in [6.07, 6.45) is 0.411. The van der Waals surface area contributed by atoms with Crippen molar-refractivity contribution >= 4 is 23.2 Å². The fourth-order valence-corrected chi connectivity index (χ4v) is 1.85. The average Bonchev–Trinajstić information content (AvgIpc) is 2.86. The lowest BCUT2D eigenvalue weighted by atomic mass is 10.2. The van der Waals surface area contributed by atoms with Crippen LogP contribution in [0.3, 0.4) is 0 Å². The van der Waals surface area contributed by atoms with E-state index < -0.39 is 10.8 Å². The van der Waals surface area contributed by atoms with Gasteiger partial charge < -0.3 is 4.74 Å². The van der Waals surface area contributed by atoms with E-state index >= 15 is 0 Å². The Morgan fingerprint density at radius 3 is 2.95 bits per heavy atom. The Labute approximate surface area is 118 Å². The van der Waals surface area contributed by atoms with E-state index in [-0.39, 0.29) is 22.2 Å². The van der Waals surface area contributed by atoms with Gasteiger partial charge in [0.05, 0.1) is 27.7 Å². The van der Waals surface area contributed by atoms with Crippen molar-refractivity contribution < 1.29 is 14.5 Å². The number of nitriles is 1. The van der Waals surface area contributed by atoms with Crippen LogP contribution in [0.1, 0.15) is 16.8 Å². The molecule has 102 valence electrons. The number of halogens is 1. The van der Waals surface area contributed by atoms with Crippen molar-refractivity contribution in [1.82, 2.24) is 5.32 Å². The Bertz CT molecular complexity index is 663. The number of nitrogens with one attached hydrogen (secondary N) is 1. The molecule has 0 aromatic heterocycles. The van der Waals surface area contributed by atoms with Gasteiger partial charge in [-0.1, -0.05) is 11.6 Å². The van der Waals surface area contributed by atoms with Crippen LogP contribution in [-0.2, 0) is 4.74 Å². The number of rotatable bonds is 3. The normalized spacial score (nSPS) is 13.6. The molecule has 2 rings (SSSR count). The lowest BCUT2D eigenvalue weighted by Gasteiger charge is -2.07. The van der Waals surface area contributed by atoms with Gasteiger partial charge in [0.1, 0.15) is 6.07 Å². The van der Waals surface area contributed by atoms with Gasteiger partial charge in [-0.15, -0.1) is 0 Å². The smallest absolute Gasteiger partial charge is 0.270 e. The molecule has 0 saturated heterocycles. The molecule has 0 atom stereocenters. The highest BCUT2D eigenvalue weighted by Gasteiger charge is 2.21. The summed E-state index contributed by atoms with van der Waals surface area (Å²) >= 11 is 5.85. The maximum absolute atomic E-state index is 12.0. The predicted molar refractivity (Wildman–Crippen MR) is 68.8 cm³/mol. The fourth-order valence-electron chi connectivity index (χ4n) is 1.65. The maximum Gasteiger partial charge on any atom is 0.270 e. The Hall–Kier alpha value is -2.59. The summed E-state index contributed by atoms with van der Waals surface area (Å²) < 4.78 is 5.11. The zero-order valence-electron chi connectivity index (χ0n) is 10.1. The highest BCUT2D eigenvalue weighted by Crippen LogP contribution is 2.23. The molecule has 0 fully saturated rings. The SMILES string of the molecule is N#CC1=C(NC(=O)c2cc([N+](=O)[O-])ccc2Cl)OCC1. The van der Waals surface area contributed by atoms with Crippen molar-refractivity contribution in [1.29, 1.82) is 5.26 Å². The molecule has 0 bridgehead atoms.